The first-order chi connectivity index (χ1) is 9.98. The number of hydrogen-bond acceptors (Lipinski definition) is 5. The molecule has 1 aliphatic heterocycles. The van der Waals surface area contributed by atoms with Crippen molar-refractivity contribution < 1.29 is 17.9 Å². The van der Waals surface area contributed by atoms with Crippen LogP contribution in [0.25, 0.3) is 0 Å². The molecule has 2 rings (SSSR count). The van der Waals surface area contributed by atoms with Gasteiger partial charge in [0.05, 0.1) is 18.0 Å². The van der Waals surface area contributed by atoms with E-state index >= 15 is 0 Å². The van der Waals surface area contributed by atoms with Crippen LogP contribution in [0.5, 0.6) is 5.75 Å². The van der Waals surface area contributed by atoms with Crippen LogP contribution in [0.1, 0.15) is 19.8 Å². The molecule has 2 unspecified atom stereocenters. The van der Waals surface area contributed by atoms with E-state index in [1.54, 1.807) is 18.2 Å². The first kappa shape index (κ1) is 15.7. The van der Waals surface area contributed by atoms with Crippen LogP contribution in [0.4, 0.5) is 0 Å². The van der Waals surface area contributed by atoms with Gasteiger partial charge >= 0.3 is 0 Å². The van der Waals surface area contributed by atoms with E-state index in [9.17, 15) is 13.2 Å². The molecule has 1 aromatic rings. The summed E-state index contributed by atoms with van der Waals surface area (Å²) in [7, 11) is -2.01. The minimum absolute atomic E-state index is 0.139. The first-order valence-corrected chi connectivity index (χ1v) is 8.16. The Balaban J connectivity index is 2.21. The third kappa shape index (κ3) is 3.32. The molecule has 1 aromatic carbocycles. The van der Waals surface area contributed by atoms with Crippen molar-refractivity contribution >= 4 is 16.1 Å². The lowest BCUT2D eigenvalue weighted by atomic mass is 10.0. The maximum atomic E-state index is 12.6. The largest absolute Gasteiger partial charge is 0.497 e. The van der Waals surface area contributed by atoms with Crippen LogP contribution in [-0.2, 0) is 14.8 Å². The van der Waals surface area contributed by atoms with E-state index in [0.717, 1.165) is 0 Å². The average Bonchev–Trinajstić information content (AvgIpc) is 2.47. The Hall–Kier alpha value is -1.69. The number of piperidine rings is 1. The zero-order valence-electron chi connectivity index (χ0n) is 12.0. The van der Waals surface area contributed by atoms with E-state index in [4.69, 9.17) is 4.74 Å². The average molecular weight is 310 g/mol. The van der Waals surface area contributed by atoms with Crippen LogP contribution in [0.15, 0.2) is 34.2 Å². The zero-order valence-corrected chi connectivity index (χ0v) is 12.8. The van der Waals surface area contributed by atoms with Crippen molar-refractivity contribution in [2.24, 2.45) is 4.99 Å². The minimum Gasteiger partial charge on any atom is -0.497 e. The van der Waals surface area contributed by atoms with Crippen molar-refractivity contribution in [2.75, 3.05) is 13.7 Å². The molecule has 1 heterocycles. The van der Waals surface area contributed by atoms with Crippen LogP contribution >= 0.6 is 0 Å². The number of isocyanates is 1. The molecule has 1 fully saturated rings. The number of ether oxygens (including phenoxy) is 1. The van der Waals surface area contributed by atoms with Gasteiger partial charge in [-0.3, -0.25) is 0 Å². The van der Waals surface area contributed by atoms with Crippen molar-refractivity contribution in [1.29, 1.82) is 0 Å². The zero-order chi connectivity index (χ0) is 15.5. The summed E-state index contributed by atoms with van der Waals surface area (Å²) in [6.07, 6.45) is 2.62. The Morgan fingerprint density at radius 2 is 2.00 bits per heavy atom. The fourth-order valence-electron chi connectivity index (χ4n) is 2.56. The predicted octanol–water partition coefficient (Wildman–Crippen LogP) is 1.57. The summed E-state index contributed by atoms with van der Waals surface area (Å²) < 4.78 is 31.8. The van der Waals surface area contributed by atoms with E-state index in [1.807, 2.05) is 6.92 Å². The maximum absolute atomic E-state index is 12.6. The number of sulfonamides is 1. The summed E-state index contributed by atoms with van der Waals surface area (Å²) in [6, 6.07) is 5.99. The molecular formula is C14H18N2O4S. The van der Waals surface area contributed by atoms with Gasteiger partial charge in [0.2, 0.25) is 16.1 Å². The Labute approximate surface area is 124 Å². The smallest absolute Gasteiger partial charge is 0.243 e. The van der Waals surface area contributed by atoms with Gasteiger partial charge in [0.15, 0.2) is 0 Å². The molecule has 0 amide bonds. The second-order valence-electron chi connectivity index (χ2n) is 5.04. The highest BCUT2D eigenvalue weighted by Crippen LogP contribution is 2.27. The summed E-state index contributed by atoms with van der Waals surface area (Å²) in [5.74, 6) is 0.612. The van der Waals surface area contributed by atoms with E-state index in [0.29, 0.717) is 25.1 Å². The fraction of sp³-hybridized carbons (Fsp3) is 0.500. The Kier molecular flexibility index (Phi) is 4.77. The molecule has 0 bridgehead atoms. The molecule has 114 valence electrons. The predicted molar refractivity (Wildman–Crippen MR) is 77.5 cm³/mol. The number of carbonyl (C=O) groups excluding carboxylic acids is 1. The second kappa shape index (κ2) is 6.39. The molecule has 6 nitrogen and oxygen atoms in total. The third-order valence-electron chi connectivity index (χ3n) is 3.69. The lowest BCUT2D eigenvalue weighted by Crippen LogP contribution is -2.45. The van der Waals surface area contributed by atoms with Crippen LogP contribution in [-0.4, -0.2) is 44.5 Å². The minimum atomic E-state index is -3.54. The molecule has 7 heteroatoms. The lowest BCUT2D eigenvalue weighted by molar-refractivity contribution is 0.248. The van der Waals surface area contributed by atoms with E-state index < -0.39 is 10.0 Å². The summed E-state index contributed by atoms with van der Waals surface area (Å²) >= 11 is 0. The van der Waals surface area contributed by atoms with Crippen molar-refractivity contribution in [3.8, 4) is 5.75 Å². The summed E-state index contributed by atoms with van der Waals surface area (Å²) in [5.41, 5.74) is 0. The molecule has 0 aromatic heterocycles. The van der Waals surface area contributed by atoms with E-state index in [-0.39, 0.29) is 17.0 Å². The van der Waals surface area contributed by atoms with Crippen LogP contribution in [0.2, 0.25) is 0 Å². The monoisotopic (exact) mass is 310 g/mol. The second-order valence-corrected chi connectivity index (χ2v) is 6.93. The molecule has 0 aliphatic carbocycles. The Bertz CT molecular complexity index is 635. The van der Waals surface area contributed by atoms with Crippen molar-refractivity contribution in [3.05, 3.63) is 24.3 Å². The normalized spacial score (nSPS) is 23.3. The first-order valence-electron chi connectivity index (χ1n) is 6.72. The number of benzene rings is 1. The van der Waals surface area contributed by atoms with Crippen LogP contribution in [0.3, 0.4) is 0 Å². The van der Waals surface area contributed by atoms with Gasteiger partial charge in [-0.15, -0.1) is 0 Å². The van der Waals surface area contributed by atoms with Gasteiger partial charge in [0.25, 0.3) is 0 Å². The number of methoxy groups -OCH3 is 1. The van der Waals surface area contributed by atoms with Crippen molar-refractivity contribution in [3.63, 3.8) is 0 Å². The van der Waals surface area contributed by atoms with Gasteiger partial charge in [-0.1, -0.05) is 0 Å². The number of nitrogens with zero attached hydrogens (tertiary/aromatic N) is 2. The highest BCUT2D eigenvalue weighted by molar-refractivity contribution is 7.89. The van der Waals surface area contributed by atoms with Crippen LogP contribution < -0.4 is 4.74 Å². The van der Waals surface area contributed by atoms with Crippen molar-refractivity contribution in [1.82, 2.24) is 4.31 Å². The Morgan fingerprint density at radius 3 is 2.52 bits per heavy atom. The Morgan fingerprint density at radius 1 is 1.33 bits per heavy atom. The molecule has 1 aliphatic rings. The van der Waals surface area contributed by atoms with E-state index in [1.165, 1.54) is 23.5 Å². The molecule has 21 heavy (non-hydrogen) atoms. The van der Waals surface area contributed by atoms with Gasteiger partial charge in [-0.05, 0) is 44.0 Å². The quantitative estimate of drug-likeness (QED) is 0.625. The van der Waals surface area contributed by atoms with Crippen molar-refractivity contribution in [2.45, 2.75) is 36.7 Å². The van der Waals surface area contributed by atoms with E-state index in [2.05, 4.69) is 4.99 Å². The third-order valence-corrected chi connectivity index (χ3v) is 5.72. The fourth-order valence-corrected chi connectivity index (χ4v) is 4.21. The molecular weight excluding hydrogens is 292 g/mol. The molecule has 0 spiro atoms. The number of rotatable bonds is 4. The SMILES string of the molecule is COc1ccc(S(=O)(=O)N2CCC(N=C=O)CC2C)cc1. The van der Waals surface area contributed by atoms with Gasteiger partial charge < -0.3 is 4.74 Å². The van der Waals surface area contributed by atoms with Gasteiger partial charge in [-0.25, -0.2) is 18.2 Å². The molecule has 2 atom stereocenters. The number of aliphatic imine (C=N–C) groups is 1. The molecule has 0 N–H and O–H groups in total. The lowest BCUT2D eigenvalue weighted by Gasteiger charge is -2.34. The highest BCUT2D eigenvalue weighted by Gasteiger charge is 2.34. The molecule has 0 saturated carbocycles. The standard InChI is InChI=1S/C14H18N2O4S/c1-11-9-12(15-10-17)7-8-16(11)21(18,19)14-5-3-13(20-2)4-6-14/h3-6,11-12H,7-9H2,1-2H3. The van der Waals surface area contributed by atoms with Crippen LogP contribution in [0, 0.1) is 0 Å². The number of hydrogen-bond donors (Lipinski definition) is 0. The summed E-state index contributed by atoms with van der Waals surface area (Å²) in [6.45, 7) is 2.18. The van der Waals surface area contributed by atoms with Gasteiger partial charge in [0.1, 0.15) is 5.75 Å². The van der Waals surface area contributed by atoms with Gasteiger partial charge in [0, 0.05) is 12.6 Å². The topological polar surface area (TPSA) is 76.0 Å². The highest BCUT2D eigenvalue weighted by atomic mass is 32.2. The summed E-state index contributed by atoms with van der Waals surface area (Å²) in [5, 5.41) is 0. The molecule has 1 saturated heterocycles. The summed E-state index contributed by atoms with van der Waals surface area (Å²) in [4.78, 5) is 14.3. The molecule has 0 radical (unpaired) electrons. The van der Waals surface area contributed by atoms with Gasteiger partial charge in [-0.2, -0.15) is 4.31 Å². The maximum Gasteiger partial charge on any atom is 0.243 e.